The molecule has 1 heteroatoms. The molecule has 0 saturated heterocycles. The summed E-state index contributed by atoms with van der Waals surface area (Å²) in [5, 5.41) is 10.0. The van der Waals surface area contributed by atoms with E-state index in [1.165, 1.54) is 5.56 Å². The fourth-order valence-electron chi connectivity index (χ4n) is 2.14. The summed E-state index contributed by atoms with van der Waals surface area (Å²) < 4.78 is 0. The lowest BCUT2D eigenvalue weighted by molar-refractivity contribution is 0.0756. The molecule has 13 heavy (non-hydrogen) atoms. The number of aliphatic hydroxyl groups excluding tert-OH is 1. The first kappa shape index (κ1) is 8.76. The smallest absolute Gasteiger partial charge is 0.0820 e. The Kier molecular flexibility index (Phi) is 2.12. The molecule has 2 rings (SSSR count). The van der Waals surface area contributed by atoms with Crippen molar-refractivity contribution in [2.75, 3.05) is 0 Å². The van der Waals surface area contributed by atoms with Gasteiger partial charge in [-0.1, -0.05) is 38.1 Å². The SMILES string of the molecule is CC1Cc2ccccc2C(O)C1C. The van der Waals surface area contributed by atoms with Gasteiger partial charge >= 0.3 is 0 Å². The van der Waals surface area contributed by atoms with Crippen LogP contribution in [-0.2, 0) is 6.42 Å². The third-order valence-electron chi connectivity index (χ3n) is 3.31. The Labute approximate surface area is 79.4 Å². The molecule has 1 aromatic rings. The Morgan fingerprint density at radius 3 is 2.69 bits per heavy atom. The highest BCUT2D eigenvalue weighted by molar-refractivity contribution is 5.32. The number of aliphatic hydroxyl groups is 1. The summed E-state index contributed by atoms with van der Waals surface area (Å²) in [4.78, 5) is 0. The van der Waals surface area contributed by atoms with Crippen LogP contribution in [0.5, 0.6) is 0 Å². The topological polar surface area (TPSA) is 20.2 Å². The van der Waals surface area contributed by atoms with Crippen LogP contribution in [0.1, 0.15) is 31.1 Å². The monoisotopic (exact) mass is 176 g/mol. The summed E-state index contributed by atoms with van der Waals surface area (Å²) in [6.45, 7) is 4.34. The van der Waals surface area contributed by atoms with Gasteiger partial charge in [-0.2, -0.15) is 0 Å². The first-order valence-electron chi connectivity index (χ1n) is 4.96. The van der Waals surface area contributed by atoms with Gasteiger partial charge in [0.1, 0.15) is 0 Å². The van der Waals surface area contributed by atoms with Crippen molar-refractivity contribution in [3.05, 3.63) is 35.4 Å². The molecule has 0 heterocycles. The third-order valence-corrected chi connectivity index (χ3v) is 3.31. The fraction of sp³-hybridized carbons (Fsp3) is 0.500. The maximum Gasteiger partial charge on any atom is 0.0820 e. The molecule has 0 aliphatic heterocycles. The summed E-state index contributed by atoms with van der Waals surface area (Å²) in [6.07, 6.45) is 0.842. The van der Waals surface area contributed by atoms with Gasteiger partial charge in [0, 0.05) is 0 Å². The van der Waals surface area contributed by atoms with Crippen LogP contribution in [0.15, 0.2) is 24.3 Å². The Morgan fingerprint density at radius 1 is 1.23 bits per heavy atom. The van der Waals surface area contributed by atoms with E-state index >= 15 is 0 Å². The molecule has 1 aliphatic rings. The number of rotatable bonds is 0. The maximum atomic E-state index is 10.0. The molecular formula is C12H16O. The molecule has 3 unspecified atom stereocenters. The minimum atomic E-state index is -0.264. The molecule has 0 spiro atoms. The van der Waals surface area contributed by atoms with Crippen molar-refractivity contribution in [3.63, 3.8) is 0 Å². The lowest BCUT2D eigenvalue weighted by Crippen LogP contribution is -2.25. The molecule has 1 nitrogen and oxygen atoms in total. The van der Waals surface area contributed by atoms with E-state index in [1.807, 2.05) is 18.2 Å². The van der Waals surface area contributed by atoms with Crippen LogP contribution in [0.4, 0.5) is 0 Å². The van der Waals surface area contributed by atoms with Gasteiger partial charge in [-0.3, -0.25) is 0 Å². The normalized spacial score (nSPS) is 32.7. The van der Waals surface area contributed by atoms with Crippen LogP contribution in [-0.4, -0.2) is 5.11 Å². The van der Waals surface area contributed by atoms with Gasteiger partial charge in [0.2, 0.25) is 0 Å². The van der Waals surface area contributed by atoms with Crippen molar-refractivity contribution < 1.29 is 5.11 Å². The van der Waals surface area contributed by atoms with E-state index in [0.29, 0.717) is 11.8 Å². The zero-order valence-electron chi connectivity index (χ0n) is 8.20. The van der Waals surface area contributed by atoms with Gasteiger partial charge < -0.3 is 5.11 Å². The van der Waals surface area contributed by atoms with Crippen LogP contribution >= 0.6 is 0 Å². The minimum Gasteiger partial charge on any atom is -0.388 e. The molecular weight excluding hydrogens is 160 g/mol. The van der Waals surface area contributed by atoms with Crippen LogP contribution in [0.3, 0.4) is 0 Å². The van der Waals surface area contributed by atoms with Crippen LogP contribution in [0.2, 0.25) is 0 Å². The second-order valence-electron chi connectivity index (χ2n) is 4.18. The molecule has 1 aromatic carbocycles. The Balaban J connectivity index is 2.43. The van der Waals surface area contributed by atoms with E-state index in [0.717, 1.165) is 12.0 Å². The van der Waals surface area contributed by atoms with E-state index < -0.39 is 0 Å². The van der Waals surface area contributed by atoms with E-state index in [9.17, 15) is 5.11 Å². The van der Waals surface area contributed by atoms with E-state index in [4.69, 9.17) is 0 Å². The molecule has 1 N–H and O–H groups in total. The van der Waals surface area contributed by atoms with Crippen LogP contribution in [0, 0.1) is 11.8 Å². The molecule has 70 valence electrons. The summed E-state index contributed by atoms with van der Waals surface area (Å²) in [7, 11) is 0. The molecule has 0 aromatic heterocycles. The quantitative estimate of drug-likeness (QED) is 0.644. The summed E-state index contributed by atoms with van der Waals surface area (Å²) >= 11 is 0. The summed E-state index contributed by atoms with van der Waals surface area (Å²) in [5.41, 5.74) is 2.45. The highest BCUT2D eigenvalue weighted by Gasteiger charge is 2.29. The highest BCUT2D eigenvalue weighted by atomic mass is 16.3. The Morgan fingerprint density at radius 2 is 1.92 bits per heavy atom. The summed E-state index contributed by atoms with van der Waals surface area (Å²) in [5.74, 6) is 0.972. The average molecular weight is 176 g/mol. The standard InChI is InChI=1S/C12H16O/c1-8-7-10-5-3-4-6-11(10)12(13)9(8)2/h3-6,8-9,12-13H,7H2,1-2H3. The molecule has 0 radical (unpaired) electrons. The molecule has 0 bridgehead atoms. The second kappa shape index (κ2) is 3.15. The Hall–Kier alpha value is -0.820. The Bertz CT molecular complexity index is 306. The van der Waals surface area contributed by atoms with Crippen molar-refractivity contribution in [1.29, 1.82) is 0 Å². The lowest BCUT2D eigenvalue weighted by atomic mass is 9.76. The van der Waals surface area contributed by atoms with Gasteiger partial charge in [0.25, 0.3) is 0 Å². The van der Waals surface area contributed by atoms with E-state index in [-0.39, 0.29) is 6.10 Å². The van der Waals surface area contributed by atoms with Gasteiger partial charge in [-0.15, -0.1) is 0 Å². The molecule has 3 atom stereocenters. The molecule has 0 saturated carbocycles. The number of hydrogen-bond donors (Lipinski definition) is 1. The van der Waals surface area contributed by atoms with E-state index in [1.54, 1.807) is 0 Å². The fourth-order valence-corrected chi connectivity index (χ4v) is 2.14. The average Bonchev–Trinajstić information content (AvgIpc) is 2.15. The zero-order chi connectivity index (χ0) is 9.42. The predicted molar refractivity (Wildman–Crippen MR) is 53.4 cm³/mol. The van der Waals surface area contributed by atoms with Gasteiger partial charge in [-0.05, 0) is 29.4 Å². The number of hydrogen-bond acceptors (Lipinski definition) is 1. The largest absolute Gasteiger partial charge is 0.388 e. The molecule has 0 amide bonds. The molecule has 0 fully saturated rings. The van der Waals surface area contributed by atoms with Gasteiger partial charge in [-0.25, -0.2) is 0 Å². The first-order chi connectivity index (χ1) is 6.20. The number of benzene rings is 1. The van der Waals surface area contributed by atoms with Crippen LogP contribution in [0.25, 0.3) is 0 Å². The lowest BCUT2D eigenvalue weighted by Gasteiger charge is -2.32. The highest BCUT2D eigenvalue weighted by Crippen LogP contribution is 2.37. The first-order valence-corrected chi connectivity index (χ1v) is 4.96. The minimum absolute atomic E-state index is 0.264. The van der Waals surface area contributed by atoms with Crippen molar-refractivity contribution in [1.82, 2.24) is 0 Å². The second-order valence-corrected chi connectivity index (χ2v) is 4.18. The third kappa shape index (κ3) is 1.37. The van der Waals surface area contributed by atoms with Gasteiger partial charge in [0.05, 0.1) is 6.10 Å². The van der Waals surface area contributed by atoms with Crippen molar-refractivity contribution in [3.8, 4) is 0 Å². The molecule has 1 aliphatic carbocycles. The maximum absolute atomic E-state index is 10.0. The van der Waals surface area contributed by atoms with E-state index in [2.05, 4.69) is 19.9 Å². The van der Waals surface area contributed by atoms with Gasteiger partial charge in [0.15, 0.2) is 0 Å². The zero-order valence-corrected chi connectivity index (χ0v) is 8.20. The summed E-state index contributed by atoms with van der Waals surface area (Å²) in [6, 6.07) is 8.22. The van der Waals surface area contributed by atoms with Crippen molar-refractivity contribution >= 4 is 0 Å². The predicted octanol–water partition coefficient (Wildman–Crippen LogP) is 2.55. The number of fused-ring (bicyclic) bond motifs is 1. The van der Waals surface area contributed by atoms with Crippen molar-refractivity contribution in [2.24, 2.45) is 11.8 Å². The van der Waals surface area contributed by atoms with Crippen LogP contribution < -0.4 is 0 Å². The van der Waals surface area contributed by atoms with Crippen molar-refractivity contribution in [2.45, 2.75) is 26.4 Å².